The van der Waals surface area contributed by atoms with Gasteiger partial charge in [0, 0.05) is 29.9 Å². The fourth-order valence-corrected chi connectivity index (χ4v) is 3.42. The standard InChI is InChI=1S/C21H22N4O3/c1-10-5-8-16(11(2)19(10)22-13(4)26)23-20(27)15-9-17(14-6-7-14)24-21-18(15)12(3)25-28-21/h5,8-9,14H,6-7H2,1-4H3,(H,22,26)(H,23,27). The molecule has 2 amide bonds. The summed E-state index contributed by atoms with van der Waals surface area (Å²) >= 11 is 0. The Morgan fingerprint density at radius 1 is 1.14 bits per heavy atom. The molecule has 7 nitrogen and oxygen atoms in total. The second-order valence-electron chi connectivity index (χ2n) is 7.38. The number of rotatable bonds is 4. The highest BCUT2D eigenvalue weighted by Crippen LogP contribution is 2.40. The Labute approximate surface area is 162 Å². The molecule has 2 aromatic heterocycles. The van der Waals surface area contributed by atoms with Gasteiger partial charge >= 0.3 is 0 Å². The predicted octanol–water partition coefficient (Wildman–Crippen LogP) is 4.24. The van der Waals surface area contributed by atoms with Gasteiger partial charge in [-0.05, 0) is 56.9 Å². The van der Waals surface area contributed by atoms with Gasteiger partial charge in [-0.3, -0.25) is 9.59 Å². The van der Waals surface area contributed by atoms with Crippen LogP contribution in [-0.2, 0) is 4.79 Å². The first-order valence-electron chi connectivity index (χ1n) is 9.31. The van der Waals surface area contributed by atoms with Crippen LogP contribution in [0.25, 0.3) is 11.1 Å². The molecule has 4 rings (SSSR count). The van der Waals surface area contributed by atoms with Crippen molar-refractivity contribution in [1.29, 1.82) is 0 Å². The van der Waals surface area contributed by atoms with Crippen molar-refractivity contribution in [2.75, 3.05) is 10.6 Å². The topological polar surface area (TPSA) is 97.1 Å². The molecular weight excluding hydrogens is 356 g/mol. The Balaban J connectivity index is 1.73. The van der Waals surface area contributed by atoms with E-state index < -0.39 is 0 Å². The lowest BCUT2D eigenvalue weighted by molar-refractivity contribution is -0.114. The molecule has 1 aliphatic carbocycles. The molecule has 2 heterocycles. The van der Waals surface area contributed by atoms with E-state index in [-0.39, 0.29) is 11.8 Å². The van der Waals surface area contributed by atoms with Crippen molar-refractivity contribution in [2.45, 2.75) is 46.5 Å². The highest BCUT2D eigenvalue weighted by Gasteiger charge is 2.28. The zero-order valence-electron chi connectivity index (χ0n) is 16.3. The summed E-state index contributed by atoms with van der Waals surface area (Å²) in [6.07, 6.45) is 2.15. The minimum absolute atomic E-state index is 0.153. The minimum Gasteiger partial charge on any atom is -0.336 e. The molecule has 2 N–H and O–H groups in total. The molecule has 0 bridgehead atoms. The lowest BCUT2D eigenvalue weighted by Gasteiger charge is -2.16. The summed E-state index contributed by atoms with van der Waals surface area (Å²) in [5.41, 5.74) is 5.50. The third-order valence-electron chi connectivity index (χ3n) is 5.10. The monoisotopic (exact) mass is 378 g/mol. The van der Waals surface area contributed by atoms with E-state index in [1.165, 1.54) is 6.92 Å². The van der Waals surface area contributed by atoms with E-state index in [0.29, 0.717) is 39.6 Å². The summed E-state index contributed by atoms with van der Waals surface area (Å²) in [4.78, 5) is 29.2. The SMILES string of the molecule is CC(=O)Nc1c(C)ccc(NC(=O)c2cc(C3CC3)nc3onc(C)c23)c1C. The number of amides is 2. The highest BCUT2D eigenvalue weighted by atomic mass is 16.5. The van der Waals surface area contributed by atoms with Gasteiger partial charge in [-0.2, -0.15) is 0 Å². The summed E-state index contributed by atoms with van der Waals surface area (Å²) in [5, 5.41) is 10.4. The van der Waals surface area contributed by atoms with Crippen LogP contribution >= 0.6 is 0 Å². The van der Waals surface area contributed by atoms with Gasteiger partial charge in [0.05, 0.1) is 16.6 Å². The van der Waals surface area contributed by atoms with Crippen LogP contribution in [0, 0.1) is 20.8 Å². The molecule has 0 aliphatic heterocycles. The third kappa shape index (κ3) is 3.24. The van der Waals surface area contributed by atoms with Crippen LogP contribution in [0.3, 0.4) is 0 Å². The Morgan fingerprint density at radius 3 is 2.57 bits per heavy atom. The summed E-state index contributed by atoms with van der Waals surface area (Å²) in [6, 6.07) is 5.56. The largest absolute Gasteiger partial charge is 0.336 e. The second-order valence-corrected chi connectivity index (χ2v) is 7.38. The quantitative estimate of drug-likeness (QED) is 0.708. The average Bonchev–Trinajstić information content (AvgIpc) is 3.44. The van der Waals surface area contributed by atoms with E-state index in [1.54, 1.807) is 6.92 Å². The maximum atomic E-state index is 13.1. The molecule has 0 unspecified atom stereocenters. The third-order valence-corrected chi connectivity index (χ3v) is 5.10. The summed E-state index contributed by atoms with van der Waals surface area (Å²) in [7, 11) is 0. The number of hydrogen-bond acceptors (Lipinski definition) is 5. The Bertz CT molecular complexity index is 1110. The molecule has 1 fully saturated rings. The Kier molecular flexibility index (Phi) is 4.37. The predicted molar refractivity (Wildman–Crippen MR) is 107 cm³/mol. The fourth-order valence-electron chi connectivity index (χ4n) is 3.42. The molecule has 1 aliphatic rings. The van der Waals surface area contributed by atoms with Crippen molar-refractivity contribution in [1.82, 2.24) is 10.1 Å². The zero-order valence-corrected chi connectivity index (χ0v) is 16.3. The highest BCUT2D eigenvalue weighted by molar-refractivity contribution is 6.13. The Morgan fingerprint density at radius 2 is 1.89 bits per heavy atom. The number of nitrogens with one attached hydrogen (secondary N) is 2. The van der Waals surface area contributed by atoms with Crippen molar-refractivity contribution in [3.8, 4) is 0 Å². The molecule has 3 aromatic rings. The van der Waals surface area contributed by atoms with E-state index in [2.05, 4.69) is 20.8 Å². The van der Waals surface area contributed by atoms with E-state index in [4.69, 9.17) is 4.52 Å². The fraction of sp³-hybridized carbons (Fsp3) is 0.333. The number of aryl methyl sites for hydroxylation is 2. The zero-order chi connectivity index (χ0) is 20.0. The summed E-state index contributed by atoms with van der Waals surface area (Å²) in [5.74, 6) is -0.0187. The molecule has 7 heteroatoms. The number of carbonyl (C=O) groups excluding carboxylic acids is 2. The lowest BCUT2D eigenvalue weighted by Crippen LogP contribution is -2.16. The first kappa shape index (κ1) is 18.2. The van der Waals surface area contributed by atoms with Crippen LogP contribution in [-0.4, -0.2) is 22.0 Å². The van der Waals surface area contributed by atoms with Crippen LogP contribution in [0.5, 0.6) is 0 Å². The van der Waals surface area contributed by atoms with Gasteiger partial charge in [-0.1, -0.05) is 11.2 Å². The van der Waals surface area contributed by atoms with Crippen LogP contribution < -0.4 is 10.6 Å². The van der Waals surface area contributed by atoms with Crippen LogP contribution in [0.2, 0.25) is 0 Å². The lowest BCUT2D eigenvalue weighted by atomic mass is 10.0. The van der Waals surface area contributed by atoms with Crippen LogP contribution in [0.15, 0.2) is 22.7 Å². The number of aromatic nitrogens is 2. The van der Waals surface area contributed by atoms with Gasteiger partial charge < -0.3 is 15.2 Å². The van der Waals surface area contributed by atoms with Gasteiger partial charge in [-0.15, -0.1) is 0 Å². The number of pyridine rings is 1. The molecular formula is C21H22N4O3. The molecule has 1 aromatic carbocycles. The maximum absolute atomic E-state index is 13.1. The molecule has 0 atom stereocenters. The number of benzene rings is 1. The van der Waals surface area contributed by atoms with Crippen molar-refractivity contribution < 1.29 is 14.1 Å². The van der Waals surface area contributed by atoms with E-state index in [1.807, 2.05) is 32.0 Å². The van der Waals surface area contributed by atoms with Crippen LogP contribution in [0.4, 0.5) is 11.4 Å². The Hall–Kier alpha value is -3.22. The number of carbonyl (C=O) groups is 2. The molecule has 144 valence electrons. The van der Waals surface area contributed by atoms with E-state index in [0.717, 1.165) is 29.7 Å². The normalized spacial score (nSPS) is 13.6. The van der Waals surface area contributed by atoms with Gasteiger partial charge in [0.2, 0.25) is 5.91 Å². The summed E-state index contributed by atoms with van der Waals surface area (Å²) in [6.45, 7) is 7.05. The smallest absolute Gasteiger partial charge is 0.259 e. The van der Waals surface area contributed by atoms with Gasteiger partial charge in [-0.25, -0.2) is 4.98 Å². The molecule has 1 saturated carbocycles. The number of hydrogen-bond donors (Lipinski definition) is 2. The van der Waals surface area contributed by atoms with Gasteiger partial charge in [0.1, 0.15) is 0 Å². The number of nitrogens with zero attached hydrogens (tertiary/aromatic N) is 2. The van der Waals surface area contributed by atoms with Gasteiger partial charge in [0.15, 0.2) is 0 Å². The van der Waals surface area contributed by atoms with Crippen LogP contribution in [0.1, 0.15) is 58.6 Å². The maximum Gasteiger partial charge on any atom is 0.259 e. The number of fused-ring (bicyclic) bond motifs is 1. The molecule has 0 saturated heterocycles. The molecule has 28 heavy (non-hydrogen) atoms. The average molecular weight is 378 g/mol. The summed E-state index contributed by atoms with van der Waals surface area (Å²) < 4.78 is 5.32. The first-order chi connectivity index (χ1) is 13.3. The molecule has 0 spiro atoms. The van der Waals surface area contributed by atoms with E-state index >= 15 is 0 Å². The minimum atomic E-state index is -0.249. The van der Waals surface area contributed by atoms with Gasteiger partial charge in [0.25, 0.3) is 11.6 Å². The van der Waals surface area contributed by atoms with Crippen molar-refractivity contribution in [3.05, 3.63) is 46.3 Å². The molecule has 0 radical (unpaired) electrons. The first-order valence-corrected chi connectivity index (χ1v) is 9.31. The van der Waals surface area contributed by atoms with Crippen molar-refractivity contribution in [2.24, 2.45) is 0 Å². The number of anilines is 2. The van der Waals surface area contributed by atoms with Crippen molar-refractivity contribution in [3.63, 3.8) is 0 Å². The van der Waals surface area contributed by atoms with Crippen molar-refractivity contribution >= 4 is 34.3 Å². The second kappa shape index (κ2) is 6.74. The van der Waals surface area contributed by atoms with E-state index in [9.17, 15) is 9.59 Å².